The third kappa shape index (κ3) is 4.80. The summed E-state index contributed by atoms with van der Waals surface area (Å²) < 4.78 is 33.1. The van der Waals surface area contributed by atoms with Crippen molar-refractivity contribution in [1.29, 1.82) is 0 Å². The zero-order chi connectivity index (χ0) is 25.0. The van der Waals surface area contributed by atoms with Gasteiger partial charge in [0.15, 0.2) is 18.5 Å². The summed E-state index contributed by atoms with van der Waals surface area (Å²) >= 11 is 0. The molecule has 1 aliphatic heterocycles. The highest BCUT2D eigenvalue weighted by atomic mass is 19.1. The molecule has 4 atom stereocenters. The average Bonchev–Trinajstić information content (AvgIpc) is 3.15. The van der Waals surface area contributed by atoms with Crippen LogP contribution in [0, 0.1) is 0 Å². The van der Waals surface area contributed by atoms with Crippen LogP contribution in [0.4, 0.5) is 4.39 Å². The number of aliphatic imine (C=N–C) groups is 1. The van der Waals surface area contributed by atoms with Gasteiger partial charge in [-0.1, -0.05) is 36.4 Å². The number of carbonyl (C=O) groups excluding carboxylic acids is 2. The van der Waals surface area contributed by atoms with E-state index in [1.165, 1.54) is 24.3 Å². The first kappa shape index (κ1) is 23.8. The van der Waals surface area contributed by atoms with Gasteiger partial charge in [-0.2, -0.15) is 0 Å². The van der Waals surface area contributed by atoms with Crippen molar-refractivity contribution in [3.63, 3.8) is 0 Å². The number of hydrogen-bond acceptors (Lipinski definition) is 8. The van der Waals surface area contributed by atoms with Crippen LogP contribution >= 0.6 is 0 Å². The zero-order valence-corrected chi connectivity index (χ0v) is 18.2. The molecule has 3 aromatic rings. The molecule has 0 radical (unpaired) electrons. The number of aromatic nitrogens is 2. The predicted octanol–water partition coefficient (Wildman–Crippen LogP) is 1.88. The second-order valence-electron chi connectivity index (χ2n) is 7.61. The summed E-state index contributed by atoms with van der Waals surface area (Å²) in [5.41, 5.74) is -3.49. The monoisotopic (exact) mass is 481 g/mol. The van der Waals surface area contributed by atoms with Gasteiger partial charge in [-0.05, 0) is 31.0 Å². The maximum Gasteiger partial charge on any atom is 0.338 e. The number of rotatable bonds is 7. The Morgan fingerprint density at radius 1 is 1.03 bits per heavy atom. The number of alkyl halides is 1. The number of halogens is 1. The largest absolute Gasteiger partial charge is 0.457 e. The van der Waals surface area contributed by atoms with Crippen molar-refractivity contribution in [3.8, 4) is 0 Å². The maximum absolute atomic E-state index is 15.9. The summed E-state index contributed by atoms with van der Waals surface area (Å²) in [5.74, 6) is -1.66. The molecule has 0 aliphatic carbocycles. The van der Waals surface area contributed by atoms with E-state index in [1.54, 1.807) is 36.4 Å². The number of esters is 2. The molecule has 1 fully saturated rings. The van der Waals surface area contributed by atoms with Crippen LogP contribution in [-0.2, 0) is 14.2 Å². The molecule has 1 saturated heterocycles. The lowest BCUT2D eigenvalue weighted by molar-refractivity contribution is -0.117. The minimum Gasteiger partial charge on any atom is -0.457 e. The van der Waals surface area contributed by atoms with Crippen molar-refractivity contribution >= 4 is 18.7 Å². The molecule has 0 bridgehead atoms. The molecule has 2 aromatic carbocycles. The van der Waals surface area contributed by atoms with Gasteiger partial charge < -0.3 is 14.2 Å². The highest BCUT2D eigenvalue weighted by Gasteiger charge is 2.59. The number of H-pyrrole nitrogens is 1. The van der Waals surface area contributed by atoms with Crippen LogP contribution in [0.2, 0.25) is 0 Å². The van der Waals surface area contributed by atoms with E-state index in [-0.39, 0.29) is 11.1 Å². The number of benzene rings is 2. The number of nitrogens with one attached hydrogen (secondary N) is 1. The molecular weight excluding hydrogens is 461 g/mol. The second-order valence-corrected chi connectivity index (χ2v) is 7.61. The van der Waals surface area contributed by atoms with Crippen LogP contribution in [0.15, 0.2) is 87.5 Å². The minimum absolute atomic E-state index is 0.131. The van der Waals surface area contributed by atoms with E-state index in [4.69, 9.17) is 14.2 Å². The lowest BCUT2D eigenvalue weighted by atomic mass is 10.1. The average molecular weight is 481 g/mol. The third-order valence-corrected chi connectivity index (χ3v) is 5.39. The Labute approximate surface area is 197 Å². The molecular formula is C24H20FN3O7. The van der Waals surface area contributed by atoms with Crippen molar-refractivity contribution in [2.45, 2.75) is 24.2 Å². The first-order valence-corrected chi connectivity index (χ1v) is 10.4. The topological polar surface area (TPSA) is 129 Å². The van der Waals surface area contributed by atoms with Gasteiger partial charge in [0.2, 0.25) is 5.72 Å². The van der Waals surface area contributed by atoms with E-state index in [2.05, 4.69) is 11.7 Å². The Kier molecular flexibility index (Phi) is 6.69. The van der Waals surface area contributed by atoms with Gasteiger partial charge in [0.25, 0.3) is 5.56 Å². The molecule has 0 saturated carbocycles. The molecule has 11 heteroatoms. The minimum atomic E-state index is -2.20. The fourth-order valence-electron chi connectivity index (χ4n) is 3.58. The molecule has 180 valence electrons. The van der Waals surface area contributed by atoms with E-state index in [9.17, 15) is 19.2 Å². The van der Waals surface area contributed by atoms with E-state index in [1.807, 2.05) is 4.98 Å². The summed E-state index contributed by atoms with van der Waals surface area (Å²) in [7, 11) is 0. The summed E-state index contributed by atoms with van der Waals surface area (Å²) in [5, 5.41) is 0. The fraction of sp³-hybridized carbons (Fsp3) is 0.208. The molecule has 1 N–H and O–H groups in total. The van der Waals surface area contributed by atoms with E-state index in [0.717, 1.165) is 16.8 Å². The van der Waals surface area contributed by atoms with Crippen LogP contribution in [0.3, 0.4) is 0 Å². The smallest absolute Gasteiger partial charge is 0.338 e. The molecule has 2 heterocycles. The van der Waals surface area contributed by atoms with Crippen molar-refractivity contribution in [2.75, 3.05) is 6.61 Å². The SMILES string of the molecule is C=N[C@]1(COC(=O)c2ccccc2)O[C@@H](n2ccc(=O)[nH]c2=O)[C@H](OC(=O)c2ccccc2)[C@@H]1F. The number of aromatic amines is 1. The highest BCUT2D eigenvalue weighted by Crippen LogP contribution is 2.42. The van der Waals surface area contributed by atoms with Crippen molar-refractivity contribution in [3.05, 3.63) is 105 Å². The fourth-order valence-corrected chi connectivity index (χ4v) is 3.58. The lowest BCUT2D eigenvalue weighted by Gasteiger charge is -2.25. The van der Waals surface area contributed by atoms with E-state index >= 15 is 4.39 Å². The summed E-state index contributed by atoms with van der Waals surface area (Å²) in [6.07, 6.45) is -4.38. The van der Waals surface area contributed by atoms with E-state index < -0.39 is 54.0 Å². The zero-order valence-electron chi connectivity index (χ0n) is 18.2. The molecule has 1 aliphatic rings. The summed E-state index contributed by atoms with van der Waals surface area (Å²) in [6, 6.07) is 16.8. The van der Waals surface area contributed by atoms with Gasteiger partial charge >= 0.3 is 17.6 Å². The summed E-state index contributed by atoms with van der Waals surface area (Å²) in [4.78, 5) is 54.8. The Balaban J connectivity index is 1.66. The van der Waals surface area contributed by atoms with Crippen LogP contribution in [0.25, 0.3) is 0 Å². The van der Waals surface area contributed by atoms with Gasteiger partial charge in [0.1, 0.15) is 6.61 Å². The lowest BCUT2D eigenvalue weighted by Crippen LogP contribution is -2.44. The first-order chi connectivity index (χ1) is 16.8. The van der Waals surface area contributed by atoms with Crippen LogP contribution in [0.5, 0.6) is 0 Å². The highest BCUT2D eigenvalue weighted by molar-refractivity contribution is 5.90. The van der Waals surface area contributed by atoms with Crippen LogP contribution in [0.1, 0.15) is 26.9 Å². The molecule has 0 spiro atoms. The maximum atomic E-state index is 15.9. The number of hydrogen-bond donors (Lipinski definition) is 1. The molecule has 4 rings (SSSR count). The molecule has 0 amide bonds. The van der Waals surface area contributed by atoms with Crippen molar-refractivity contribution < 1.29 is 28.2 Å². The van der Waals surface area contributed by atoms with Crippen molar-refractivity contribution in [1.82, 2.24) is 9.55 Å². The second kappa shape index (κ2) is 9.85. The predicted molar refractivity (Wildman–Crippen MR) is 121 cm³/mol. The Morgan fingerprint density at radius 3 is 2.20 bits per heavy atom. The third-order valence-electron chi connectivity index (χ3n) is 5.39. The number of nitrogens with zero attached hydrogens (tertiary/aromatic N) is 2. The van der Waals surface area contributed by atoms with Crippen LogP contribution in [-0.4, -0.2) is 52.8 Å². The molecule has 10 nitrogen and oxygen atoms in total. The quantitative estimate of drug-likeness (QED) is 0.403. The van der Waals surface area contributed by atoms with E-state index in [0.29, 0.717) is 0 Å². The molecule has 35 heavy (non-hydrogen) atoms. The Bertz CT molecular complexity index is 1340. The number of carbonyl (C=O) groups is 2. The summed E-state index contributed by atoms with van der Waals surface area (Å²) in [6.45, 7) is 2.64. The molecule has 0 unspecified atom stereocenters. The van der Waals surface area contributed by atoms with Gasteiger partial charge in [-0.25, -0.2) is 18.8 Å². The first-order valence-electron chi connectivity index (χ1n) is 10.4. The standard InChI is InChI=1S/C24H20FN3O7/c1-26-24(14-33-21(30)15-8-4-2-5-9-15)19(25)18(34-22(31)16-10-6-3-7-11-16)20(35-24)28-13-12-17(29)27-23(28)32/h2-13,18-20H,1,14H2,(H,27,29,32)/t18-,19+,20-,24-/m1/s1. The molecule has 1 aromatic heterocycles. The van der Waals surface area contributed by atoms with Crippen molar-refractivity contribution in [2.24, 2.45) is 4.99 Å². The number of ether oxygens (including phenoxy) is 3. The van der Waals surface area contributed by atoms with Crippen LogP contribution < -0.4 is 11.2 Å². The van der Waals surface area contributed by atoms with Gasteiger partial charge in [0.05, 0.1) is 11.1 Å². The Morgan fingerprint density at radius 2 is 1.63 bits per heavy atom. The normalized spacial score (nSPS) is 23.4. The van der Waals surface area contributed by atoms with Gasteiger partial charge in [-0.15, -0.1) is 0 Å². The Hall–Kier alpha value is -4.38. The van der Waals surface area contributed by atoms with Gasteiger partial charge in [-0.3, -0.25) is 19.3 Å². The van der Waals surface area contributed by atoms with Gasteiger partial charge in [0, 0.05) is 12.3 Å².